The molecule has 0 spiro atoms. The van der Waals surface area contributed by atoms with Crippen LogP contribution in [0.1, 0.15) is 23.5 Å². The van der Waals surface area contributed by atoms with Gasteiger partial charge in [0.15, 0.2) is 11.0 Å². The number of hydrogen-bond acceptors (Lipinski definition) is 5. The van der Waals surface area contributed by atoms with Crippen molar-refractivity contribution in [2.75, 3.05) is 5.32 Å². The Morgan fingerprint density at radius 3 is 2.71 bits per heavy atom. The highest BCUT2D eigenvalue weighted by Gasteiger charge is 2.39. The molecule has 1 amide bonds. The van der Waals surface area contributed by atoms with Crippen LogP contribution in [0.2, 0.25) is 0 Å². The number of oxazole rings is 1. The molecule has 2 aromatic heterocycles. The number of alkyl halides is 3. The summed E-state index contributed by atoms with van der Waals surface area (Å²) in [5, 5.41) is 1.64. The second-order valence-corrected chi connectivity index (χ2v) is 5.27. The van der Waals surface area contributed by atoms with Gasteiger partial charge in [0, 0.05) is 23.9 Å². The van der Waals surface area contributed by atoms with E-state index in [0.717, 1.165) is 28.4 Å². The molecule has 0 atom stereocenters. The smallest absolute Gasteiger partial charge is 0.446 e. The van der Waals surface area contributed by atoms with Gasteiger partial charge in [-0.25, -0.2) is 9.97 Å². The van der Waals surface area contributed by atoms with Crippen molar-refractivity contribution in [1.29, 1.82) is 0 Å². The number of hydrogen-bond donors (Lipinski definition) is 1. The van der Waals surface area contributed by atoms with E-state index in [-0.39, 0.29) is 5.13 Å². The molecule has 0 aliphatic rings. The van der Waals surface area contributed by atoms with E-state index in [1.54, 1.807) is 11.5 Å². The van der Waals surface area contributed by atoms with Crippen LogP contribution in [-0.4, -0.2) is 22.1 Å². The molecule has 0 saturated heterocycles. The summed E-state index contributed by atoms with van der Waals surface area (Å²) in [4.78, 5) is 19.3. The fourth-order valence-corrected chi connectivity index (χ4v) is 2.31. The number of aromatic nitrogens is 2. The highest BCUT2D eigenvalue weighted by Crippen LogP contribution is 2.23. The van der Waals surface area contributed by atoms with Crippen LogP contribution in [0.15, 0.2) is 16.8 Å². The Morgan fingerprint density at radius 1 is 1.33 bits per heavy atom. The molecule has 2 heterocycles. The molecule has 0 saturated carbocycles. The lowest BCUT2D eigenvalue weighted by Crippen LogP contribution is -2.29. The van der Waals surface area contributed by atoms with E-state index < -0.39 is 12.1 Å². The van der Waals surface area contributed by atoms with Crippen LogP contribution in [0.25, 0.3) is 0 Å². The highest BCUT2D eigenvalue weighted by atomic mass is 32.1. The lowest BCUT2D eigenvalue weighted by molar-refractivity contribution is -0.167. The predicted octanol–water partition coefficient (Wildman–Crippen LogP) is 2.98. The summed E-state index contributed by atoms with van der Waals surface area (Å²) in [5.41, 5.74) is 0. The van der Waals surface area contributed by atoms with Crippen LogP contribution in [0.3, 0.4) is 0 Å². The first-order valence-electron chi connectivity index (χ1n) is 6.15. The second-order valence-electron chi connectivity index (χ2n) is 4.16. The minimum Gasteiger partial charge on any atom is -0.446 e. The van der Waals surface area contributed by atoms with Gasteiger partial charge >= 0.3 is 12.1 Å². The van der Waals surface area contributed by atoms with Crippen LogP contribution in [0.5, 0.6) is 0 Å². The Balaban J connectivity index is 1.89. The molecular weight excluding hydrogens is 307 g/mol. The Labute approximate surface area is 122 Å². The first-order chi connectivity index (χ1) is 9.88. The third kappa shape index (κ3) is 4.28. The first kappa shape index (κ1) is 15.5. The number of nitrogens with zero attached hydrogens (tertiary/aromatic N) is 2. The molecular formula is C12H12F3N3O2S. The number of thiazole rings is 1. The highest BCUT2D eigenvalue weighted by molar-refractivity contribution is 7.15. The van der Waals surface area contributed by atoms with E-state index in [1.807, 2.05) is 6.92 Å². The zero-order valence-corrected chi connectivity index (χ0v) is 11.8. The molecule has 1 N–H and O–H groups in total. The number of carbonyl (C=O) groups is 1. The van der Waals surface area contributed by atoms with Crippen molar-refractivity contribution in [3.8, 4) is 0 Å². The molecule has 0 radical (unpaired) electrons. The summed E-state index contributed by atoms with van der Waals surface area (Å²) in [6.07, 6.45) is -0.0307. The Bertz CT molecular complexity index is 621. The second kappa shape index (κ2) is 6.25. The molecule has 0 aliphatic heterocycles. The summed E-state index contributed by atoms with van der Waals surface area (Å²) in [7, 11) is 0. The number of rotatable bonds is 5. The Kier molecular flexibility index (Phi) is 4.61. The van der Waals surface area contributed by atoms with Gasteiger partial charge in [-0.15, -0.1) is 11.3 Å². The summed E-state index contributed by atoms with van der Waals surface area (Å²) in [6.45, 7) is 1.95. The van der Waals surface area contributed by atoms with Gasteiger partial charge in [-0.05, 0) is 6.42 Å². The van der Waals surface area contributed by atoms with E-state index >= 15 is 0 Å². The zero-order chi connectivity index (χ0) is 15.5. The molecule has 0 bridgehead atoms. The zero-order valence-electron chi connectivity index (χ0n) is 11.0. The lowest BCUT2D eigenvalue weighted by atomic mass is 10.3. The molecule has 21 heavy (non-hydrogen) atoms. The van der Waals surface area contributed by atoms with Crippen LogP contribution in [-0.2, 0) is 24.1 Å². The van der Waals surface area contributed by atoms with Gasteiger partial charge in [-0.2, -0.15) is 13.2 Å². The van der Waals surface area contributed by atoms with Gasteiger partial charge in [0.05, 0.1) is 6.20 Å². The Hall–Kier alpha value is -1.90. The third-order valence-corrected chi connectivity index (χ3v) is 3.54. The van der Waals surface area contributed by atoms with Gasteiger partial charge in [-0.3, -0.25) is 10.1 Å². The molecule has 0 aliphatic carbocycles. The minimum atomic E-state index is -4.92. The average Bonchev–Trinajstić information content (AvgIpc) is 3.03. The van der Waals surface area contributed by atoms with Crippen molar-refractivity contribution in [1.82, 2.24) is 9.97 Å². The number of amides is 1. The quantitative estimate of drug-likeness (QED) is 0.920. The van der Waals surface area contributed by atoms with E-state index in [1.165, 1.54) is 6.20 Å². The van der Waals surface area contributed by atoms with Gasteiger partial charge in [0.25, 0.3) is 0 Å². The summed E-state index contributed by atoms with van der Waals surface area (Å²) >= 11 is 0.997. The molecule has 5 nitrogen and oxygen atoms in total. The van der Waals surface area contributed by atoms with Crippen LogP contribution in [0, 0.1) is 0 Å². The standard InChI is InChI=1S/C12H12F3N3O2S/c1-2-7-5-16-9(20-7)4-3-8-6-17-11(21-8)18-10(19)12(13,14)15/h5-6H,2-4H2,1H3,(H,17,18,19). The molecule has 2 aromatic rings. The predicted molar refractivity (Wildman–Crippen MR) is 70.1 cm³/mol. The number of halogens is 3. The SMILES string of the molecule is CCc1cnc(CCc2cnc(NC(=O)C(F)(F)F)s2)o1. The fraction of sp³-hybridized carbons (Fsp3) is 0.417. The van der Waals surface area contributed by atoms with Crippen molar-refractivity contribution in [2.45, 2.75) is 32.4 Å². The number of nitrogens with one attached hydrogen (secondary N) is 1. The van der Waals surface area contributed by atoms with Crippen molar-refractivity contribution in [3.05, 3.63) is 28.9 Å². The molecule has 0 aromatic carbocycles. The monoisotopic (exact) mass is 319 g/mol. The summed E-state index contributed by atoms with van der Waals surface area (Å²) in [5.74, 6) is -0.669. The fourth-order valence-electron chi connectivity index (χ4n) is 1.51. The van der Waals surface area contributed by atoms with Crippen molar-refractivity contribution < 1.29 is 22.4 Å². The maximum atomic E-state index is 12.1. The average molecular weight is 319 g/mol. The van der Waals surface area contributed by atoms with E-state index in [2.05, 4.69) is 9.97 Å². The lowest BCUT2D eigenvalue weighted by Gasteiger charge is -2.04. The van der Waals surface area contributed by atoms with E-state index in [4.69, 9.17) is 4.42 Å². The third-order valence-electron chi connectivity index (χ3n) is 2.57. The first-order valence-corrected chi connectivity index (χ1v) is 6.96. The van der Waals surface area contributed by atoms with Crippen molar-refractivity contribution in [2.24, 2.45) is 0 Å². The maximum Gasteiger partial charge on any atom is 0.471 e. The largest absolute Gasteiger partial charge is 0.471 e. The summed E-state index contributed by atoms with van der Waals surface area (Å²) in [6, 6.07) is 0. The van der Waals surface area contributed by atoms with Crippen LogP contribution < -0.4 is 5.32 Å². The van der Waals surface area contributed by atoms with Crippen molar-refractivity contribution in [3.63, 3.8) is 0 Å². The maximum absolute atomic E-state index is 12.1. The van der Waals surface area contributed by atoms with Crippen molar-refractivity contribution >= 4 is 22.4 Å². The van der Waals surface area contributed by atoms with Gasteiger partial charge in [0.2, 0.25) is 0 Å². The van der Waals surface area contributed by atoms with E-state index in [0.29, 0.717) is 18.7 Å². The number of anilines is 1. The van der Waals surface area contributed by atoms with Crippen LogP contribution in [0.4, 0.5) is 18.3 Å². The molecule has 2 rings (SSSR count). The van der Waals surface area contributed by atoms with E-state index in [9.17, 15) is 18.0 Å². The molecule has 114 valence electrons. The topological polar surface area (TPSA) is 68.0 Å². The normalized spacial score (nSPS) is 11.6. The van der Waals surface area contributed by atoms with Gasteiger partial charge in [-0.1, -0.05) is 6.92 Å². The van der Waals surface area contributed by atoms with Gasteiger partial charge in [0.1, 0.15) is 5.76 Å². The number of aryl methyl sites for hydroxylation is 3. The summed E-state index contributed by atoms with van der Waals surface area (Å²) < 4.78 is 41.7. The Morgan fingerprint density at radius 2 is 2.10 bits per heavy atom. The molecule has 9 heteroatoms. The van der Waals surface area contributed by atoms with Gasteiger partial charge < -0.3 is 4.42 Å². The molecule has 0 fully saturated rings. The van der Waals surface area contributed by atoms with Crippen LogP contribution >= 0.6 is 11.3 Å². The molecule has 0 unspecified atom stereocenters. The number of carbonyl (C=O) groups excluding carboxylic acids is 1. The minimum absolute atomic E-state index is 0.0750.